The van der Waals surface area contributed by atoms with Gasteiger partial charge in [0.1, 0.15) is 6.10 Å². The van der Waals surface area contributed by atoms with Gasteiger partial charge in [-0.3, -0.25) is 9.69 Å². The molecule has 1 amide bonds. The topological polar surface area (TPSA) is 55.8 Å². The van der Waals surface area contributed by atoms with Crippen LogP contribution < -0.4 is 4.90 Å². The summed E-state index contributed by atoms with van der Waals surface area (Å²) in [6, 6.07) is 17.5. The van der Waals surface area contributed by atoms with Crippen molar-refractivity contribution in [1.29, 1.82) is 0 Å². The molecule has 2 aliphatic heterocycles. The maximum absolute atomic E-state index is 12.8. The summed E-state index contributed by atoms with van der Waals surface area (Å²) in [4.78, 5) is 26.9. The van der Waals surface area contributed by atoms with Crippen LogP contribution in [0.4, 0.5) is 5.69 Å². The molecule has 3 aliphatic rings. The maximum atomic E-state index is 12.8. The number of amides is 1. The number of ether oxygens (including phenoxy) is 2. The van der Waals surface area contributed by atoms with E-state index in [0.717, 1.165) is 23.2 Å². The number of esters is 1. The molecule has 0 aromatic heterocycles. The van der Waals surface area contributed by atoms with Crippen LogP contribution in [0.25, 0.3) is 0 Å². The summed E-state index contributed by atoms with van der Waals surface area (Å²) in [5.41, 5.74) is 5.07. The number of carbonyl (C=O) groups excluding carboxylic acids is 2. The second-order valence-corrected chi connectivity index (χ2v) is 7.72. The zero-order chi connectivity index (χ0) is 20.1. The first-order valence-electron chi connectivity index (χ1n) is 9.76. The van der Waals surface area contributed by atoms with E-state index in [1.165, 1.54) is 11.8 Å². The molecule has 5 heteroatoms. The highest BCUT2D eigenvalue weighted by atomic mass is 16.6. The number of anilines is 1. The van der Waals surface area contributed by atoms with Crippen molar-refractivity contribution < 1.29 is 19.1 Å². The standard InChI is InChI=1S/C24H21NO4/c1-14-15(2)23(25(22(14)26)17-9-4-3-5-10-17)28-13-20-19-12-16-8-6-7-11-18(16)21(19)29-24(20)27/h3-11,13,19,21,23H,12H2,1-2H3. The molecule has 0 bridgehead atoms. The normalized spacial score (nSPS) is 26.8. The summed E-state index contributed by atoms with van der Waals surface area (Å²) in [5, 5.41) is 0. The number of para-hydroxylation sites is 1. The van der Waals surface area contributed by atoms with Crippen molar-refractivity contribution >= 4 is 17.6 Å². The fourth-order valence-electron chi connectivity index (χ4n) is 4.42. The fourth-order valence-corrected chi connectivity index (χ4v) is 4.42. The Morgan fingerprint density at radius 2 is 1.76 bits per heavy atom. The predicted octanol–water partition coefficient (Wildman–Crippen LogP) is 4.07. The summed E-state index contributed by atoms with van der Waals surface area (Å²) < 4.78 is 11.7. The molecule has 2 heterocycles. The largest absolute Gasteiger partial charge is 0.473 e. The van der Waals surface area contributed by atoms with Gasteiger partial charge in [-0.05, 0) is 49.1 Å². The second-order valence-electron chi connectivity index (χ2n) is 7.72. The summed E-state index contributed by atoms with van der Waals surface area (Å²) in [7, 11) is 0. The van der Waals surface area contributed by atoms with Gasteiger partial charge < -0.3 is 9.47 Å². The number of fused-ring (bicyclic) bond motifs is 3. The summed E-state index contributed by atoms with van der Waals surface area (Å²) in [6.07, 6.45) is 1.44. The predicted molar refractivity (Wildman–Crippen MR) is 108 cm³/mol. The number of carbonyl (C=O) groups is 2. The van der Waals surface area contributed by atoms with E-state index in [0.29, 0.717) is 11.1 Å². The van der Waals surface area contributed by atoms with Crippen LogP contribution in [0.1, 0.15) is 31.1 Å². The van der Waals surface area contributed by atoms with Crippen LogP contribution in [-0.4, -0.2) is 18.1 Å². The van der Waals surface area contributed by atoms with Gasteiger partial charge in [-0.2, -0.15) is 0 Å². The van der Waals surface area contributed by atoms with Gasteiger partial charge >= 0.3 is 5.97 Å². The molecule has 2 aromatic rings. The van der Waals surface area contributed by atoms with Crippen LogP contribution in [0, 0.1) is 5.92 Å². The Labute approximate surface area is 169 Å². The first-order valence-corrected chi connectivity index (χ1v) is 9.76. The van der Waals surface area contributed by atoms with E-state index < -0.39 is 6.23 Å². The van der Waals surface area contributed by atoms with Gasteiger partial charge in [0.15, 0.2) is 0 Å². The minimum absolute atomic E-state index is 0.0486. The highest BCUT2D eigenvalue weighted by molar-refractivity contribution is 6.09. The molecule has 29 heavy (non-hydrogen) atoms. The molecule has 5 rings (SSSR count). The Bertz CT molecular complexity index is 1070. The lowest BCUT2D eigenvalue weighted by Gasteiger charge is -2.26. The van der Waals surface area contributed by atoms with E-state index >= 15 is 0 Å². The van der Waals surface area contributed by atoms with Crippen LogP contribution >= 0.6 is 0 Å². The minimum atomic E-state index is -0.576. The number of hydrogen-bond acceptors (Lipinski definition) is 4. The van der Waals surface area contributed by atoms with Crippen LogP contribution in [0.3, 0.4) is 0 Å². The van der Waals surface area contributed by atoms with Crippen LogP contribution in [0.2, 0.25) is 0 Å². The van der Waals surface area contributed by atoms with Crippen molar-refractivity contribution in [2.75, 3.05) is 4.90 Å². The Hall–Kier alpha value is -3.34. The minimum Gasteiger partial charge on any atom is -0.473 e. The summed E-state index contributed by atoms with van der Waals surface area (Å²) >= 11 is 0. The van der Waals surface area contributed by atoms with Crippen molar-refractivity contribution in [2.24, 2.45) is 5.92 Å². The van der Waals surface area contributed by atoms with Gasteiger partial charge in [0, 0.05) is 17.2 Å². The highest BCUT2D eigenvalue weighted by Gasteiger charge is 2.46. The molecule has 1 aliphatic carbocycles. The Morgan fingerprint density at radius 1 is 1.03 bits per heavy atom. The Kier molecular flexibility index (Phi) is 4.05. The van der Waals surface area contributed by atoms with Gasteiger partial charge in [0.05, 0.1) is 11.8 Å². The molecule has 146 valence electrons. The third kappa shape index (κ3) is 2.69. The van der Waals surface area contributed by atoms with Gasteiger partial charge in [-0.15, -0.1) is 0 Å². The zero-order valence-corrected chi connectivity index (χ0v) is 16.3. The van der Waals surface area contributed by atoms with Gasteiger partial charge in [-0.25, -0.2) is 4.79 Å². The molecule has 0 spiro atoms. The molecule has 3 unspecified atom stereocenters. The molecule has 1 saturated heterocycles. The quantitative estimate of drug-likeness (QED) is 0.453. The molecular formula is C24H21NO4. The third-order valence-corrected chi connectivity index (χ3v) is 6.13. The van der Waals surface area contributed by atoms with E-state index in [4.69, 9.17) is 9.47 Å². The smallest absolute Gasteiger partial charge is 0.338 e. The number of rotatable bonds is 3. The Balaban J connectivity index is 1.44. The SMILES string of the molecule is CC1=C(C)C(OC=C2C(=O)OC3c4ccccc4CC23)N(c2ccccc2)C1=O. The average Bonchev–Trinajstić information content (AvgIpc) is 3.31. The molecule has 0 N–H and O–H groups in total. The fraction of sp³-hybridized carbons (Fsp3) is 0.250. The highest BCUT2D eigenvalue weighted by Crippen LogP contribution is 2.47. The van der Waals surface area contributed by atoms with Crippen molar-refractivity contribution in [3.05, 3.63) is 88.7 Å². The maximum Gasteiger partial charge on any atom is 0.338 e. The van der Waals surface area contributed by atoms with Crippen LogP contribution in [-0.2, 0) is 25.5 Å². The molecule has 3 atom stereocenters. The zero-order valence-electron chi connectivity index (χ0n) is 16.3. The average molecular weight is 387 g/mol. The molecular weight excluding hydrogens is 366 g/mol. The number of nitrogens with zero attached hydrogens (tertiary/aromatic N) is 1. The third-order valence-electron chi connectivity index (χ3n) is 6.13. The lowest BCUT2D eigenvalue weighted by molar-refractivity contribution is -0.139. The van der Waals surface area contributed by atoms with Crippen molar-refractivity contribution in [3.63, 3.8) is 0 Å². The lowest BCUT2D eigenvalue weighted by atomic mass is 9.98. The van der Waals surface area contributed by atoms with Gasteiger partial charge in [0.2, 0.25) is 6.23 Å². The van der Waals surface area contributed by atoms with Crippen molar-refractivity contribution in [1.82, 2.24) is 0 Å². The summed E-state index contributed by atoms with van der Waals surface area (Å²) in [6.45, 7) is 3.69. The van der Waals surface area contributed by atoms with Crippen molar-refractivity contribution in [3.8, 4) is 0 Å². The molecule has 2 aromatic carbocycles. The molecule has 0 radical (unpaired) electrons. The second kappa shape index (κ2) is 6.62. The van der Waals surface area contributed by atoms with Gasteiger partial charge in [0.25, 0.3) is 5.91 Å². The van der Waals surface area contributed by atoms with E-state index in [1.54, 1.807) is 11.8 Å². The van der Waals surface area contributed by atoms with Crippen LogP contribution in [0.5, 0.6) is 0 Å². The van der Waals surface area contributed by atoms with Gasteiger partial charge in [-0.1, -0.05) is 42.5 Å². The Morgan fingerprint density at radius 3 is 2.55 bits per heavy atom. The van der Waals surface area contributed by atoms with E-state index in [2.05, 4.69) is 6.07 Å². The number of hydrogen-bond donors (Lipinski definition) is 0. The molecule has 0 saturated carbocycles. The van der Waals surface area contributed by atoms with E-state index in [-0.39, 0.29) is 23.9 Å². The van der Waals surface area contributed by atoms with E-state index in [9.17, 15) is 9.59 Å². The lowest BCUT2D eigenvalue weighted by Crippen LogP contribution is -2.36. The molecule has 5 nitrogen and oxygen atoms in total. The first kappa shape index (κ1) is 17.7. The van der Waals surface area contributed by atoms with Crippen LogP contribution in [0.15, 0.2) is 77.6 Å². The van der Waals surface area contributed by atoms with Crippen molar-refractivity contribution in [2.45, 2.75) is 32.6 Å². The monoisotopic (exact) mass is 387 g/mol. The summed E-state index contributed by atoms with van der Waals surface area (Å²) in [5.74, 6) is -0.478. The molecule has 1 fully saturated rings. The van der Waals surface area contributed by atoms with E-state index in [1.807, 2.05) is 55.5 Å². The number of benzene rings is 2. The first-order chi connectivity index (χ1) is 14.1.